The lowest BCUT2D eigenvalue weighted by Crippen LogP contribution is -2.19. The zero-order valence-corrected chi connectivity index (χ0v) is 11.6. The van der Waals surface area contributed by atoms with Crippen LogP contribution in [0.5, 0.6) is 17.2 Å². The van der Waals surface area contributed by atoms with Crippen LogP contribution < -0.4 is 19.5 Å². The summed E-state index contributed by atoms with van der Waals surface area (Å²) in [6, 6.07) is 3.70. The molecule has 0 atom stereocenters. The third kappa shape index (κ3) is 3.98. The number of ether oxygens (including phenoxy) is 4. The van der Waals surface area contributed by atoms with Gasteiger partial charge in [0.1, 0.15) is 5.75 Å². The van der Waals surface area contributed by atoms with E-state index in [-0.39, 0.29) is 13.5 Å². The Morgan fingerprint density at radius 1 is 1.25 bits per heavy atom. The number of halogens is 1. The second kappa shape index (κ2) is 7.91. The molecule has 2 rings (SSSR count). The van der Waals surface area contributed by atoms with Crippen molar-refractivity contribution in [3.63, 3.8) is 0 Å². The van der Waals surface area contributed by atoms with Gasteiger partial charge in [-0.2, -0.15) is 0 Å². The minimum absolute atomic E-state index is 0.222. The van der Waals surface area contributed by atoms with Crippen molar-refractivity contribution in [2.24, 2.45) is 0 Å². The Kier molecular flexibility index (Phi) is 5.88. The molecular formula is C14H20FNO4. The van der Waals surface area contributed by atoms with Gasteiger partial charge in [0.25, 0.3) is 0 Å². The molecular weight excluding hydrogens is 265 g/mol. The molecule has 0 bridgehead atoms. The van der Waals surface area contributed by atoms with Gasteiger partial charge in [-0.1, -0.05) is 0 Å². The summed E-state index contributed by atoms with van der Waals surface area (Å²) in [5.41, 5.74) is 0.962. The molecule has 0 spiro atoms. The molecule has 0 amide bonds. The lowest BCUT2D eigenvalue weighted by molar-refractivity contribution is 0.173. The smallest absolute Gasteiger partial charge is 0.231 e. The van der Waals surface area contributed by atoms with Crippen LogP contribution in [0.4, 0.5) is 4.39 Å². The largest absolute Gasteiger partial charge is 0.493 e. The summed E-state index contributed by atoms with van der Waals surface area (Å²) >= 11 is 0. The Bertz CT molecular complexity index is 428. The molecule has 1 aliphatic heterocycles. The molecule has 20 heavy (non-hydrogen) atoms. The molecule has 112 valence electrons. The Hall–Kier alpha value is -1.53. The standard InChI is InChI=1S/C14H20FNO4/c1-17-6-4-16-9-11-7-13-14(20-10-19-13)8-12(11)18-5-2-3-15/h7-8,16H,2-6,9-10H2,1H3. The van der Waals surface area contributed by atoms with Gasteiger partial charge < -0.3 is 24.3 Å². The minimum atomic E-state index is -0.383. The number of rotatable bonds is 9. The summed E-state index contributed by atoms with van der Waals surface area (Å²) in [4.78, 5) is 0. The second-order valence-corrected chi connectivity index (χ2v) is 4.37. The summed E-state index contributed by atoms with van der Waals surface area (Å²) in [6.07, 6.45) is 0.380. The normalized spacial score (nSPS) is 12.7. The lowest BCUT2D eigenvalue weighted by atomic mass is 10.1. The molecule has 0 saturated carbocycles. The monoisotopic (exact) mass is 285 g/mol. The van der Waals surface area contributed by atoms with Crippen LogP contribution in [-0.4, -0.2) is 40.3 Å². The number of alkyl halides is 1. The summed E-state index contributed by atoms with van der Waals surface area (Å²) in [5.74, 6) is 2.08. The molecule has 1 aliphatic rings. The van der Waals surface area contributed by atoms with Crippen LogP contribution >= 0.6 is 0 Å². The molecule has 0 aliphatic carbocycles. The van der Waals surface area contributed by atoms with Gasteiger partial charge in [0.05, 0.1) is 19.9 Å². The first-order chi connectivity index (χ1) is 9.85. The first kappa shape index (κ1) is 14.9. The molecule has 0 aromatic heterocycles. The fraction of sp³-hybridized carbons (Fsp3) is 0.571. The zero-order valence-electron chi connectivity index (χ0n) is 11.6. The van der Waals surface area contributed by atoms with Gasteiger partial charge in [0, 0.05) is 38.2 Å². The number of hydrogen-bond donors (Lipinski definition) is 1. The van der Waals surface area contributed by atoms with E-state index in [4.69, 9.17) is 18.9 Å². The van der Waals surface area contributed by atoms with Gasteiger partial charge in [0.2, 0.25) is 6.79 Å². The van der Waals surface area contributed by atoms with E-state index in [1.165, 1.54) is 0 Å². The molecule has 0 unspecified atom stereocenters. The van der Waals surface area contributed by atoms with Gasteiger partial charge in [0.15, 0.2) is 11.5 Å². The van der Waals surface area contributed by atoms with Crippen molar-refractivity contribution in [2.75, 3.05) is 40.3 Å². The predicted molar refractivity (Wildman–Crippen MR) is 72.2 cm³/mol. The highest BCUT2D eigenvalue weighted by Gasteiger charge is 2.17. The fourth-order valence-electron chi connectivity index (χ4n) is 1.87. The summed E-state index contributed by atoms with van der Waals surface area (Å²) in [7, 11) is 1.66. The van der Waals surface area contributed by atoms with Crippen molar-refractivity contribution in [3.8, 4) is 17.2 Å². The van der Waals surface area contributed by atoms with Crippen molar-refractivity contribution in [1.29, 1.82) is 0 Å². The number of nitrogens with one attached hydrogen (secondary N) is 1. The SMILES string of the molecule is COCCNCc1cc2c(cc1OCCCF)OCO2. The summed E-state index contributed by atoms with van der Waals surface area (Å²) < 4.78 is 33.4. The molecule has 0 radical (unpaired) electrons. The van der Waals surface area contributed by atoms with Gasteiger partial charge in [-0.15, -0.1) is 0 Å². The van der Waals surface area contributed by atoms with Crippen molar-refractivity contribution >= 4 is 0 Å². The average Bonchev–Trinajstić information content (AvgIpc) is 2.91. The molecule has 5 nitrogen and oxygen atoms in total. The second-order valence-electron chi connectivity index (χ2n) is 4.37. The van der Waals surface area contributed by atoms with Crippen molar-refractivity contribution in [1.82, 2.24) is 5.32 Å². The van der Waals surface area contributed by atoms with Crippen LogP contribution in [0, 0.1) is 0 Å². The van der Waals surface area contributed by atoms with Gasteiger partial charge in [-0.3, -0.25) is 4.39 Å². The highest BCUT2D eigenvalue weighted by atomic mass is 19.1. The maximum absolute atomic E-state index is 12.2. The van der Waals surface area contributed by atoms with E-state index in [1.54, 1.807) is 13.2 Å². The van der Waals surface area contributed by atoms with Crippen LogP contribution in [-0.2, 0) is 11.3 Å². The van der Waals surface area contributed by atoms with Crippen molar-refractivity contribution in [2.45, 2.75) is 13.0 Å². The number of fused-ring (bicyclic) bond motifs is 1. The molecule has 0 saturated heterocycles. The maximum Gasteiger partial charge on any atom is 0.231 e. The topological polar surface area (TPSA) is 49.0 Å². The van der Waals surface area contributed by atoms with E-state index < -0.39 is 0 Å². The number of benzene rings is 1. The van der Waals surface area contributed by atoms with E-state index in [0.29, 0.717) is 43.4 Å². The third-order valence-corrected chi connectivity index (χ3v) is 2.89. The summed E-state index contributed by atoms with van der Waals surface area (Å²) in [5, 5.41) is 3.25. The molecule has 1 aromatic carbocycles. The Labute approximate surface area is 118 Å². The molecule has 1 aromatic rings. The maximum atomic E-state index is 12.2. The fourth-order valence-corrected chi connectivity index (χ4v) is 1.87. The van der Waals surface area contributed by atoms with E-state index in [0.717, 1.165) is 12.1 Å². The number of methoxy groups -OCH3 is 1. The minimum Gasteiger partial charge on any atom is -0.493 e. The number of hydrogen-bond acceptors (Lipinski definition) is 5. The first-order valence-electron chi connectivity index (χ1n) is 6.66. The molecule has 0 fully saturated rings. The average molecular weight is 285 g/mol. The third-order valence-electron chi connectivity index (χ3n) is 2.89. The van der Waals surface area contributed by atoms with Crippen molar-refractivity contribution in [3.05, 3.63) is 17.7 Å². The van der Waals surface area contributed by atoms with Crippen LogP contribution in [0.1, 0.15) is 12.0 Å². The quantitative estimate of drug-likeness (QED) is 0.702. The highest BCUT2D eigenvalue weighted by molar-refractivity contribution is 5.51. The van der Waals surface area contributed by atoms with Crippen LogP contribution in [0.2, 0.25) is 0 Å². The first-order valence-corrected chi connectivity index (χ1v) is 6.66. The van der Waals surface area contributed by atoms with Gasteiger partial charge in [-0.25, -0.2) is 0 Å². The highest BCUT2D eigenvalue weighted by Crippen LogP contribution is 2.38. The van der Waals surface area contributed by atoms with E-state index in [1.807, 2.05) is 6.07 Å². The molecule has 1 heterocycles. The van der Waals surface area contributed by atoms with E-state index in [9.17, 15) is 4.39 Å². The van der Waals surface area contributed by atoms with Gasteiger partial charge in [-0.05, 0) is 6.07 Å². The zero-order chi connectivity index (χ0) is 14.2. The predicted octanol–water partition coefficient (Wildman–Crippen LogP) is 1.89. The van der Waals surface area contributed by atoms with E-state index in [2.05, 4.69) is 5.32 Å². The van der Waals surface area contributed by atoms with Crippen molar-refractivity contribution < 1.29 is 23.3 Å². The van der Waals surface area contributed by atoms with Crippen LogP contribution in [0.25, 0.3) is 0 Å². The Morgan fingerprint density at radius 3 is 2.80 bits per heavy atom. The van der Waals surface area contributed by atoms with Gasteiger partial charge >= 0.3 is 0 Å². The lowest BCUT2D eigenvalue weighted by Gasteiger charge is -2.13. The molecule has 1 N–H and O–H groups in total. The van der Waals surface area contributed by atoms with Crippen LogP contribution in [0.15, 0.2) is 12.1 Å². The van der Waals surface area contributed by atoms with Crippen LogP contribution in [0.3, 0.4) is 0 Å². The summed E-state index contributed by atoms with van der Waals surface area (Å²) in [6.45, 7) is 2.20. The Morgan fingerprint density at radius 2 is 2.05 bits per heavy atom. The Balaban J connectivity index is 2.01. The van der Waals surface area contributed by atoms with E-state index >= 15 is 0 Å². The molecule has 6 heteroatoms.